The molecule has 0 atom stereocenters. The van der Waals surface area contributed by atoms with Crippen LogP contribution in [0.3, 0.4) is 0 Å². The van der Waals surface area contributed by atoms with E-state index in [0.29, 0.717) is 17.3 Å². The van der Waals surface area contributed by atoms with Gasteiger partial charge in [-0.05, 0) is 66.1 Å². The van der Waals surface area contributed by atoms with Crippen LogP contribution in [-0.4, -0.2) is 27.9 Å². The molecule has 0 spiro atoms. The van der Waals surface area contributed by atoms with Gasteiger partial charge in [0, 0.05) is 11.1 Å². The minimum Gasteiger partial charge on any atom is -0.494 e. The molecule has 4 aromatic rings. The molecule has 1 heterocycles. The molecule has 1 N–H and O–H groups in total. The number of aromatic carboxylic acids is 1. The van der Waals surface area contributed by atoms with Gasteiger partial charge < -0.3 is 14.3 Å². The number of carboxylic acids is 1. The fraction of sp³-hybridized carbons (Fsp3) is 0.192. The summed E-state index contributed by atoms with van der Waals surface area (Å²) in [5.41, 5.74) is 3.87. The lowest BCUT2D eigenvalue weighted by molar-refractivity contribution is 0.0697. The molecule has 6 nitrogen and oxygen atoms in total. The number of carboxylic acid groups (broad SMARTS) is 1. The fourth-order valence-corrected chi connectivity index (χ4v) is 3.30. The number of carbonyl (C=O) groups is 1. The van der Waals surface area contributed by atoms with E-state index < -0.39 is 5.97 Å². The molecule has 6 heteroatoms. The number of benzene rings is 3. The van der Waals surface area contributed by atoms with Crippen LogP contribution >= 0.6 is 0 Å². The zero-order valence-corrected chi connectivity index (χ0v) is 17.8. The van der Waals surface area contributed by atoms with Gasteiger partial charge in [-0.3, -0.25) is 0 Å². The quantitative estimate of drug-likeness (QED) is 0.313. The van der Waals surface area contributed by atoms with Crippen molar-refractivity contribution in [3.8, 4) is 39.8 Å². The Morgan fingerprint density at radius 3 is 1.81 bits per heavy atom. The van der Waals surface area contributed by atoms with Crippen LogP contribution in [-0.2, 0) is 0 Å². The zero-order chi connectivity index (χ0) is 22.3. The van der Waals surface area contributed by atoms with Gasteiger partial charge in [0.15, 0.2) is 0 Å². The van der Waals surface area contributed by atoms with Crippen LogP contribution in [0.5, 0.6) is 5.75 Å². The summed E-state index contributed by atoms with van der Waals surface area (Å²) in [5.74, 6) is 0.661. The summed E-state index contributed by atoms with van der Waals surface area (Å²) in [6.45, 7) is 2.93. The minimum absolute atomic E-state index is 0.208. The molecular formula is C26H24N2O4. The van der Waals surface area contributed by atoms with Crippen LogP contribution in [0.2, 0.25) is 0 Å². The monoisotopic (exact) mass is 428 g/mol. The Labute approximate surface area is 186 Å². The number of ether oxygens (including phenoxy) is 1. The van der Waals surface area contributed by atoms with Crippen molar-refractivity contribution < 1.29 is 19.1 Å². The number of hydrogen-bond donors (Lipinski definition) is 1. The van der Waals surface area contributed by atoms with Crippen LogP contribution in [0.1, 0.15) is 36.5 Å². The molecule has 0 amide bonds. The Hall–Kier alpha value is -3.93. The third-order valence-corrected chi connectivity index (χ3v) is 5.14. The smallest absolute Gasteiger partial charge is 0.335 e. The lowest BCUT2D eigenvalue weighted by atomic mass is 10.0. The largest absolute Gasteiger partial charge is 0.494 e. The maximum absolute atomic E-state index is 11.0. The highest BCUT2D eigenvalue weighted by Gasteiger charge is 2.12. The van der Waals surface area contributed by atoms with E-state index in [2.05, 4.69) is 29.3 Å². The molecule has 0 saturated carbocycles. The second kappa shape index (κ2) is 9.92. The average Bonchev–Trinajstić information content (AvgIpc) is 3.33. The van der Waals surface area contributed by atoms with Gasteiger partial charge in [0.25, 0.3) is 0 Å². The highest BCUT2D eigenvalue weighted by molar-refractivity contribution is 5.88. The molecule has 0 unspecified atom stereocenters. The van der Waals surface area contributed by atoms with Crippen LogP contribution in [0, 0.1) is 0 Å². The van der Waals surface area contributed by atoms with Crippen molar-refractivity contribution in [2.75, 3.05) is 6.61 Å². The Bertz CT molecular complexity index is 1160. The van der Waals surface area contributed by atoms with E-state index in [4.69, 9.17) is 14.3 Å². The summed E-state index contributed by atoms with van der Waals surface area (Å²) in [4.78, 5) is 11.0. The number of nitrogens with zero attached hydrogens (tertiary/aromatic N) is 2. The van der Waals surface area contributed by atoms with E-state index in [-0.39, 0.29) is 5.56 Å². The predicted octanol–water partition coefficient (Wildman–Crippen LogP) is 6.34. The van der Waals surface area contributed by atoms with Crippen molar-refractivity contribution in [1.29, 1.82) is 0 Å². The molecule has 0 aliphatic heterocycles. The lowest BCUT2D eigenvalue weighted by Gasteiger charge is -2.07. The van der Waals surface area contributed by atoms with Crippen LogP contribution in [0.15, 0.2) is 77.2 Å². The van der Waals surface area contributed by atoms with Crippen molar-refractivity contribution in [2.24, 2.45) is 0 Å². The van der Waals surface area contributed by atoms with Crippen LogP contribution < -0.4 is 4.74 Å². The van der Waals surface area contributed by atoms with Crippen LogP contribution in [0.4, 0.5) is 0 Å². The first-order valence-electron chi connectivity index (χ1n) is 10.6. The first-order valence-corrected chi connectivity index (χ1v) is 10.6. The Balaban J connectivity index is 1.43. The van der Waals surface area contributed by atoms with Gasteiger partial charge in [-0.1, -0.05) is 44.0 Å². The zero-order valence-electron chi connectivity index (χ0n) is 17.8. The molecule has 0 bridgehead atoms. The third kappa shape index (κ3) is 5.03. The first kappa shape index (κ1) is 21.3. The molecule has 0 saturated heterocycles. The maximum Gasteiger partial charge on any atom is 0.335 e. The average molecular weight is 428 g/mol. The normalized spacial score (nSPS) is 10.8. The maximum atomic E-state index is 11.0. The Morgan fingerprint density at radius 1 is 0.781 bits per heavy atom. The number of rotatable bonds is 9. The van der Waals surface area contributed by atoms with Crippen molar-refractivity contribution in [1.82, 2.24) is 10.2 Å². The second-order valence-corrected chi connectivity index (χ2v) is 7.45. The number of hydrogen-bond acceptors (Lipinski definition) is 5. The second-order valence-electron chi connectivity index (χ2n) is 7.45. The van der Waals surface area contributed by atoms with Crippen molar-refractivity contribution in [3.05, 3.63) is 78.4 Å². The van der Waals surface area contributed by atoms with Gasteiger partial charge in [-0.2, -0.15) is 0 Å². The van der Waals surface area contributed by atoms with Crippen molar-refractivity contribution >= 4 is 5.97 Å². The van der Waals surface area contributed by atoms with Crippen LogP contribution in [0.25, 0.3) is 34.0 Å². The van der Waals surface area contributed by atoms with E-state index in [1.54, 1.807) is 12.1 Å². The topological polar surface area (TPSA) is 85.5 Å². The summed E-state index contributed by atoms with van der Waals surface area (Å²) in [6.07, 6.45) is 3.44. The number of unbranched alkanes of at least 4 members (excludes halogenated alkanes) is 2. The third-order valence-electron chi connectivity index (χ3n) is 5.14. The first-order chi connectivity index (χ1) is 15.6. The molecular weight excluding hydrogens is 404 g/mol. The van der Waals surface area contributed by atoms with E-state index in [1.165, 1.54) is 25.0 Å². The van der Waals surface area contributed by atoms with Crippen molar-refractivity contribution in [3.63, 3.8) is 0 Å². The molecule has 0 aliphatic rings. The van der Waals surface area contributed by atoms with Gasteiger partial charge in [0.05, 0.1) is 12.2 Å². The van der Waals surface area contributed by atoms with Gasteiger partial charge in [-0.15, -0.1) is 10.2 Å². The Morgan fingerprint density at radius 2 is 1.28 bits per heavy atom. The molecule has 3 aromatic carbocycles. The summed E-state index contributed by atoms with van der Waals surface area (Å²) >= 11 is 0. The predicted molar refractivity (Wildman–Crippen MR) is 123 cm³/mol. The molecule has 4 rings (SSSR count). The highest BCUT2D eigenvalue weighted by Crippen LogP contribution is 2.28. The van der Waals surface area contributed by atoms with E-state index in [1.807, 2.05) is 36.4 Å². The standard InChI is InChI=1S/C26H24N2O4/c1-2-3-4-17-31-23-15-13-19(14-16-23)18-5-7-20(8-6-18)24-27-28-25(32-24)21-9-11-22(12-10-21)26(29)30/h5-16H,2-4,17H2,1H3,(H,29,30). The molecule has 1 aromatic heterocycles. The van der Waals surface area contributed by atoms with E-state index >= 15 is 0 Å². The Kier molecular flexibility index (Phi) is 6.60. The molecule has 162 valence electrons. The van der Waals surface area contributed by atoms with Crippen molar-refractivity contribution in [2.45, 2.75) is 26.2 Å². The SMILES string of the molecule is CCCCCOc1ccc(-c2ccc(-c3nnc(-c4ccc(C(=O)O)cc4)o3)cc2)cc1. The van der Waals surface area contributed by atoms with E-state index in [0.717, 1.165) is 35.5 Å². The molecule has 0 fully saturated rings. The molecule has 32 heavy (non-hydrogen) atoms. The molecule has 0 aliphatic carbocycles. The summed E-state index contributed by atoms with van der Waals surface area (Å²) in [6, 6.07) is 22.3. The van der Waals surface area contributed by atoms with Gasteiger partial charge in [0.2, 0.25) is 11.8 Å². The number of aromatic nitrogens is 2. The summed E-state index contributed by atoms with van der Waals surface area (Å²) in [5, 5.41) is 17.2. The van der Waals surface area contributed by atoms with E-state index in [9.17, 15) is 4.79 Å². The van der Waals surface area contributed by atoms with Gasteiger partial charge in [0.1, 0.15) is 5.75 Å². The molecule has 0 radical (unpaired) electrons. The van der Waals surface area contributed by atoms with Gasteiger partial charge >= 0.3 is 5.97 Å². The fourth-order valence-electron chi connectivity index (χ4n) is 3.30. The minimum atomic E-state index is -0.975. The summed E-state index contributed by atoms with van der Waals surface area (Å²) < 4.78 is 11.6. The summed E-state index contributed by atoms with van der Waals surface area (Å²) in [7, 11) is 0. The highest BCUT2D eigenvalue weighted by atomic mass is 16.5. The lowest BCUT2D eigenvalue weighted by Crippen LogP contribution is -1.96. The van der Waals surface area contributed by atoms with Gasteiger partial charge in [-0.25, -0.2) is 4.79 Å².